The topological polar surface area (TPSA) is 42.0 Å². The van der Waals surface area contributed by atoms with Crippen molar-refractivity contribution in [2.24, 2.45) is 0 Å². The number of hydrogen-bond acceptors (Lipinski definition) is 2. The molecular weight excluding hydrogens is 232 g/mol. The number of halogens is 1. The van der Waals surface area contributed by atoms with Gasteiger partial charge in [0.15, 0.2) is 0 Å². The number of hydrogen-bond donors (Lipinski definition) is 1. The minimum atomic E-state index is -0.0937. The zero-order chi connectivity index (χ0) is 9.84. The van der Waals surface area contributed by atoms with Gasteiger partial charge in [-0.05, 0) is 35.8 Å². The molecule has 0 spiro atoms. The number of nitrogens with zero attached hydrogens (tertiary/aromatic N) is 1. The second kappa shape index (κ2) is 4.37. The fourth-order valence-corrected chi connectivity index (χ4v) is 1.25. The summed E-state index contributed by atoms with van der Waals surface area (Å²) >= 11 is 3.25. The van der Waals surface area contributed by atoms with E-state index >= 15 is 0 Å². The van der Waals surface area contributed by atoms with Crippen LogP contribution in [-0.4, -0.2) is 16.9 Å². The van der Waals surface area contributed by atoms with E-state index in [0.717, 1.165) is 4.47 Å². The number of amides is 1. The summed E-state index contributed by atoms with van der Waals surface area (Å²) in [7, 11) is 0. The fraction of sp³-hybridized carbons (Fsp3) is 0.333. The van der Waals surface area contributed by atoms with Crippen molar-refractivity contribution in [3.8, 4) is 0 Å². The van der Waals surface area contributed by atoms with Crippen LogP contribution in [0.2, 0.25) is 0 Å². The fourth-order valence-electron chi connectivity index (χ4n) is 0.882. The summed E-state index contributed by atoms with van der Waals surface area (Å²) in [5.74, 6) is -0.0937. The molecule has 0 radical (unpaired) electrons. The molecule has 4 heteroatoms. The first-order chi connectivity index (χ1) is 6.09. The van der Waals surface area contributed by atoms with Gasteiger partial charge in [0.05, 0.1) is 5.56 Å². The van der Waals surface area contributed by atoms with Gasteiger partial charge in [-0.25, -0.2) is 0 Å². The molecule has 0 aliphatic carbocycles. The molecule has 1 aromatic heterocycles. The molecule has 0 aliphatic rings. The molecule has 0 unspecified atom stereocenters. The van der Waals surface area contributed by atoms with Gasteiger partial charge in [0.25, 0.3) is 5.91 Å². The maximum Gasteiger partial charge on any atom is 0.253 e. The van der Waals surface area contributed by atoms with E-state index in [0.29, 0.717) is 5.56 Å². The molecule has 1 aromatic rings. The highest BCUT2D eigenvalue weighted by molar-refractivity contribution is 9.10. The van der Waals surface area contributed by atoms with Gasteiger partial charge in [0.2, 0.25) is 0 Å². The summed E-state index contributed by atoms with van der Waals surface area (Å²) < 4.78 is 0.809. The van der Waals surface area contributed by atoms with Crippen LogP contribution in [0.5, 0.6) is 0 Å². The van der Waals surface area contributed by atoms with E-state index in [2.05, 4.69) is 26.2 Å². The Morgan fingerprint density at radius 1 is 1.54 bits per heavy atom. The molecule has 0 fully saturated rings. The van der Waals surface area contributed by atoms with Crippen molar-refractivity contribution >= 4 is 21.8 Å². The number of carbonyl (C=O) groups excluding carboxylic acids is 1. The standard InChI is InChI=1S/C9H11BrN2O/c1-6(2)12-9(13)7-3-8(10)5-11-4-7/h3-6H,1-2H3,(H,12,13). The molecule has 0 saturated carbocycles. The van der Waals surface area contributed by atoms with E-state index in [4.69, 9.17) is 0 Å². The van der Waals surface area contributed by atoms with Gasteiger partial charge in [-0.3, -0.25) is 9.78 Å². The lowest BCUT2D eigenvalue weighted by atomic mass is 10.2. The maximum absolute atomic E-state index is 11.4. The van der Waals surface area contributed by atoms with Crippen LogP contribution in [0, 0.1) is 0 Å². The van der Waals surface area contributed by atoms with Gasteiger partial charge in [-0.1, -0.05) is 0 Å². The minimum absolute atomic E-state index is 0.0937. The lowest BCUT2D eigenvalue weighted by Crippen LogP contribution is -2.30. The second-order valence-corrected chi connectivity index (χ2v) is 3.94. The highest BCUT2D eigenvalue weighted by Gasteiger charge is 2.06. The Bertz CT molecular complexity index is 312. The van der Waals surface area contributed by atoms with Crippen molar-refractivity contribution in [3.63, 3.8) is 0 Å². The van der Waals surface area contributed by atoms with Crippen LogP contribution in [0.4, 0.5) is 0 Å². The van der Waals surface area contributed by atoms with Crippen LogP contribution < -0.4 is 5.32 Å². The van der Waals surface area contributed by atoms with Gasteiger partial charge >= 0.3 is 0 Å². The Hall–Kier alpha value is -0.900. The normalized spacial score (nSPS) is 10.2. The highest BCUT2D eigenvalue weighted by atomic mass is 79.9. The number of nitrogens with one attached hydrogen (secondary N) is 1. The number of pyridine rings is 1. The van der Waals surface area contributed by atoms with Crippen LogP contribution >= 0.6 is 15.9 Å². The van der Waals surface area contributed by atoms with Crippen molar-refractivity contribution in [1.82, 2.24) is 10.3 Å². The summed E-state index contributed by atoms with van der Waals surface area (Å²) in [6.07, 6.45) is 3.19. The van der Waals surface area contributed by atoms with Gasteiger partial charge in [0, 0.05) is 22.9 Å². The molecule has 1 N–H and O–H groups in total. The number of aromatic nitrogens is 1. The first-order valence-electron chi connectivity index (χ1n) is 4.01. The van der Waals surface area contributed by atoms with E-state index in [9.17, 15) is 4.79 Å². The van der Waals surface area contributed by atoms with Gasteiger partial charge in [-0.2, -0.15) is 0 Å². The van der Waals surface area contributed by atoms with E-state index in [1.165, 1.54) is 0 Å². The molecule has 1 amide bonds. The van der Waals surface area contributed by atoms with Crippen molar-refractivity contribution in [3.05, 3.63) is 28.5 Å². The summed E-state index contributed by atoms with van der Waals surface area (Å²) in [5.41, 5.74) is 0.572. The van der Waals surface area contributed by atoms with Crippen LogP contribution in [0.25, 0.3) is 0 Å². The Morgan fingerprint density at radius 2 is 2.23 bits per heavy atom. The van der Waals surface area contributed by atoms with E-state index < -0.39 is 0 Å². The Labute approximate surface area is 85.7 Å². The number of carbonyl (C=O) groups is 1. The second-order valence-electron chi connectivity index (χ2n) is 3.02. The van der Waals surface area contributed by atoms with E-state index in [1.807, 2.05) is 13.8 Å². The number of rotatable bonds is 2. The molecule has 0 aliphatic heterocycles. The molecule has 13 heavy (non-hydrogen) atoms. The predicted molar refractivity (Wildman–Crippen MR) is 54.5 cm³/mol. The van der Waals surface area contributed by atoms with E-state index in [-0.39, 0.29) is 11.9 Å². The summed E-state index contributed by atoms with van der Waals surface area (Å²) in [6.45, 7) is 3.84. The van der Waals surface area contributed by atoms with Crippen LogP contribution in [0.1, 0.15) is 24.2 Å². The van der Waals surface area contributed by atoms with Crippen molar-refractivity contribution in [2.45, 2.75) is 19.9 Å². The molecule has 0 saturated heterocycles. The summed E-state index contributed by atoms with van der Waals surface area (Å²) in [4.78, 5) is 15.3. The summed E-state index contributed by atoms with van der Waals surface area (Å²) in [5, 5.41) is 2.79. The smallest absolute Gasteiger partial charge is 0.253 e. The lowest BCUT2D eigenvalue weighted by molar-refractivity contribution is 0.0942. The van der Waals surface area contributed by atoms with Crippen molar-refractivity contribution in [1.29, 1.82) is 0 Å². The van der Waals surface area contributed by atoms with Crippen LogP contribution in [0.15, 0.2) is 22.9 Å². The third-order valence-electron chi connectivity index (χ3n) is 1.39. The van der Waals surface area contributed by atoms with Crippen molar-refractivity contribution in [2.75, 3.05) is 0 Å². The monoisotopic (exact) mass is 242 g/mol. The Morgan fingerprint density at radius 3 is 2.77 bits per heavy atom. The average Bonchev–Trinajstić information content (AvgIpc) is 2.03. The van der Waals surface area contributed by atoms with Gasteiger partial charge in [0.1, 0.15) is 0 Å². The molecule has 0 atom stereocenters. The van der Waals surface area contributed by atoms with Crippen LogP contribution in [0.3, 0.4) is 0 Å². The Balaban J connectivity index is 2.77. The maximum atomic E-state index is 11.4. The quantitative estimate of drug-likeness (QED) is 0.862. The zero-order valence-corrected chi connectivity index (χ0v) is 9.13. The Kier molecular flexibility index (Phi) is 3.42. The lowest BCUT2D eigenvalue weighted by Gasteiger charge is -2.07. The third kappa shape index (κ3) is 3.14. The first-order valence-corrected chi connectivity index (χ1v) is 4.80. The van der Waals surface area contributed by atoms with Gasteiger partial charge < -0.3 is 5.32 Å². The molecule has 3 nitrogen and oxygen atoms in total. The molecule has 0 aromatic carbocycles. The zero-order valence-electron chi connectivity index (χ0n) is 7.54. The first kappa shape index (κ1) is 10.2. The van der Waals surface area contributed by atoms with Crippen molar-refractivity contribution < 1.29 is 4.79 Å². The molecule has 1 rings (SSSR count). The molecule has 70 valence electrons. The molecule has 1 heterocycles. The SMILES string of the molecule is CC(C)NC(=O)c1cncc(Br)c1. The highest BCUT2D eigenvalue weighted by Crippen LogP contribution is 2.09. The minimum Gasteiger partial charge on any atom is -0.350 e. The molecule has 0 bridgehead atoms. The third-order valence-corrected chi connectivity index (χ3v) is 1.82. The molecular formula is C9H11BrN2O. The van der Waals surface area contributed by atoms with Crippen LogP contribution in [-0.2, 0) is 0 Å². The van der Waals surface area contributed by atoms with Gasteiger partial charge in [-0.15, -0.1) is 0 Å². The summed E-state index contributed by atoms with van der Waals surface area (Å²) in [6, 6.07) is 1.89. The largest absolute Gasteiger partial charge is 0.350 e. The average molecular weight is 243 g/mol. The van der Waals surface area contributed by atoms with E-state index in [1.54, 1.807) is 18.5 Å². The predicted octanol–water partition coefficient (Wildman–Crippen LogP) is 1.98.